The standard InChI is InChI=1S/C28H38O7/c1-16(13-29)26(33)35-14-18-11-20-21-5-6-23(25(32)15-34-17(2)30)27(21,3)10-8-22(20)28(4)9-7-19(31)12-24(18)28/h7,9,12,16,18,20-23,29H,5-6,8,10-11,13-15H2,1-4H3/t16?,18-,20+,21+,22+,23-,27+,28-/m1/s1. The van der Waals surface area contributed by atoms with Crippen molar-refractivity contribution in [2.24, 2.45) is 46.3 Å². The van der Waals surface area contributed by atoms with E-state index in [9.17, 15) is 24.3 Å². The topological polar surface area (TPSA) is 107 Å². The number of carbonyl (C=O) groups excluding carboxylic acids is 4. The van der Waals surface area contributed by atoms with Gasteiger partial charge in [0.15, 0.2) is 11.6 Å². The maximum absolute atomic E-state index is 13.0. The van der Waals surface area contributed by atoms with Gasteiger partial charge in [-0.25, -0.2) is 0 Å². The van der Waals surface area contributed by atoms with Crippen molar-refractivity contribution in [2.75, 3.05) is 19.8 Å². The van der Waals surface area contributed by atoms with Gasteiger partial charge in [-0.2, -0.15) is 0 Å². The molecule has 7 heteroatoms. The average Bonchev–Trinajstić information content (AvgIpc) is 3.18. The van der Waals surface area contributed by atoms with Gasteiger partial charge in [0.05, 0.1) is 19.1 Å². The lowest BCUT2D eigenvalue weighted by Crippen LogP contribution is -2.53. The summed E-state index contributed by atoms with van der Waals surface area (Å²) in [6, 6.07) is 0. The van der Waals surface area contributed by atoms with Gasteiger partial charge in [-0.05, 0) is 79.9 Å². The van der Waals surface area contributed by atoms with Gasteiger partial charge in [0.25, 0.3) is 0 Å². The van der Waals surface area contributed by atoms with Crippen LogP contribution in [0.25, 0.3) is 0 Å². The number of ether oxygens (including phenoxy) is 2. The third-order valence-electron chi connectivity index (χ3n) is 9.63. The van der Waals surface area contributed by atoms with Gasteiger partial charge in [-0.1, -0.05) is 19.9 Å². The molecule has 0 aromatic heterocycles. The third kappa shape index (κ3) is 4.52. The Morgan fingerprint density at radius 3 is 2.57 bits per heavy atom. The van der Waals surface area contributed by atoms with Crippen LogP contribution in [-0.4, -0.2) is 48.4 Å². The molecule has 35 heavy (non-hydrogen) atoms. The second kappa shape index (κ2) is 9.64. The summed E-state index contributed by atoms with van der Waals surface area (Å²) in [6.45, 7) is 7.14. The van der Waals surface area contributed by atoms with Crippen LogP contribution in [0.15, 0.2) is 23.8 Å². The molecule has 0 amide bonds. The van der Waals surface area contributed by atoms with Crippen LogP contribution in [0.3, 0.4) is 0 Å². The summed E-state index contributed by atoms with van der Waals surface area (Å²) in [7, 11) is 0. The lowest BCUT2D eigenvalue weighted by Gasteiger charge is -2.58. The number of carbonyl (C=O) groups is 4. The Morgan fingerprint density at radius 1 is 1.14 bits per heavy atom. The Kier molecular flexibility index (Phi) is 7.11. The van der Waals surface area contributed by atoms with Gasteiger partial charge in [0, 0.05) is 24.2 Å². The first kappa shape index (κ1) is 25.8. The quantitative estimate of drug-likeness (QED) is 0.549. The maximum atomic E-state index is 13.0. The van der Waals surface area contributed by atoms with Crippen molar-refractivity contribution in [3.05, 3.63) is 23.8 Å². The molecule has 3 saturated carbocycles. The van der Waals surface area contributed by atoms with Crippen molar-refractivity contribution in [3.8, 4) is 0 Å². The summed E-state index contributed by atoms with van der Waals surface area (Å²) >= 11 is 0. The molecule has 0 aliphatic heterocycles. The molecule has 192 valence electrons. The number of hydrogen-bond donors (Lipinski definition) is 1. The van der Waals surface area contributed by atoms with Crippen molar-refractivity contribution in [2.45, 2.75) is 59.8 Å². The molecule has 1 unspecified atom stereocenters. The van der Waals surface area contributed by atoms with E-state index in [2.05, 4.69) is 13.8 Å². The van der Waals surface area contributed by atoms with Gasteiger partial charge >= 0.3 is 11.9 Å². The molecule has 0 heterocycles. The van der Waals surface area contributed by atoms with Gasteiger partial charge in [0.1, 0.15) is 6.61 Å². The monoisotopic (exact) mass is 486 g/mol. The Labute approximate surface area is 207 Å². The van der Waals surface area contributed by atoms with E-state index in [0.717, 1.165) is 37.7 Å². The van der Waals surface area contributed by atoms with Crippen molar-refractivity contribution in [3.63, 3.8) is 0 Å². The largest absolute Gasteiger partial charge is 0.465 e. The molecule has 4 aliphatic carbocycles. The van der Waals surface area contributed by atoms with Crippen LogP contribution in [0, 0.1) is 46.3 Å². The Hall–Kier alpha value is -2.28. The van der Waals surface area contributed by atoms with Crippen LogP contribution in [0.5, 0.6) is 0 Å². The first-order valence-corrected chi connectivity index (χ1v) is 12.9. The highest BCUT2D eigenvalue weighted by Crippen LogP contribution is 2.67. The molecule has 0 saturated heterocycles. The smallest absolute Gasteiger partial charge is 0.311 e. The zero-order valence-electron chi connectivity index (χ0n) is 21.2. The van der Waals surface area contributed by atoms with Gasteiger partial charge in [0.2, 0.25) is 0 Å². The fourth-order valence-electron chi connectivity index (χ4n) is 7.78. The minimum absolute atomic E-state index is 0.0119. The van der Waals surface area contributed by atoms with E-state index in [-0.39, 0.29) is 54.1 Å². The fourth-order valence-corrected chi connectivity index (χ4v) is 7.78. The van der Waals surface area contributed by atoms with E-state index in [1.54, 1.807) is 19.1 Å². The third-order valence-corrected chi connectivity index (χ3v) is 9.63. The van der Waals surface area contributed by atoms with E-state index in [4.69, 9.17) is 9.47 Å². The van der Waals surface area contributed by atoms with Crippen molar-refractivity contribution < 1.29 is 33.8 Å². The van der Waals surface area contributed by atoms with Crippen LogP contribution in [-0.2, 0) is 28.7 Å². The molecule has 0 aromatic rings. The number of fused-ring (bicyclic) bond motifs is 5. The molecule has 0 aromatic carbocycles. The highest BCUT2D eigenvalue weighted by atomic mass is 16.5. The average molecular weight is 487 g/mol. The molecular weight excluding hydrogens is 448 g/mol. The molecule has 7 nitrogen and oxygen atoms in total. The van der Waals surface area contributed by atoms with Crippen molar-refractivity contribution in [1.82, 2.24) is 0 Å². The number of ketones is 2. The van der Waals surface area contributed by atoms with Gasteiger partial charge in [-0.3, -0.25) is 19.2 Å². The van der Waals surface area contributed by atoms with Gasteiger partial charge in [-0.15, -0.1) is 0 Å². The molecule has 1 N–H and O–H groups in total. The number of esters is 2. The number of aliphatic hydroxyl groups is 1. The first-order valence-electron chi connectivity index (χ1n) is 12.9. The summed E-state index contributed by atoms with van der Waals surface area (Å²) in [4.78, 5) is 48.9. The van der Waals surface area contributed by atoms with E-state index < -0.39 is 17.9 Å². The molecule has 0 bridgehead atoms. The van der Waals surface area contributed by atoms with Crippen LogP contribution in [0.1, 0.15) is 59.8 Å². The molecule has 0 radical (unpaired) electrons. The molecule has 4 rings (SSSR count). The fraction of sp³-hybridized carbons (Fsp3) is 0.714. The lowest BCUT2D eigenvalue weighted by atomic mass is 9.46. The lowest BCUT2D eigenvalue weighted by molar-refractivity contribution is -0.152. The molecule has 8 atom stereocenters. The summed E-state index contributed by atoms with van der Waals surface area (Å²) in [5.74, 6) is -0.658. The van der Waals surface area contributed by atoms with E-state index in [1.807, 2.05) is 6.08 Å². The SMILES string of the molecule is CC(=O)OCC(=O)[C@H]1CC[C@H]2[C@@H]3C[C@H](COC(=O)C(C)CO)C4=CC(=O)C=C[C@]4(C)[C@H]3CC[C@]12C. The summed E-state index contributed by atoms with van der Waals surface area (Å²) < 4.78 is 10.7. The van der Waals surface area contributed by atoms with Crippen LogP contribution < -0.4 is 0 Å². The normalized spacial score (nSPS) is 38.5. The minimum atomic E-state index is -0.587. The number of Topliss-reactive ketones (excluding diaryl/α,β-unsaturated/α-hetero) is 1. The maximum Gasteiger partial charge on any atom is 0.311 e. The Morgan fingerprint density at radius 2 is 1.89 bits per heavy atom. The van der Waals surface area contributed by atoms with Crippen molar-refractivity contribution in [1.29, 1.82) is 0 Å². The van der Waals surface area contributed by atoms with Crippen molar-refractivity contribution >= 4 is 23.5 Å². The first-order chi connectivity index (χ1) is 16.5. The van der Waals surface area contributed by atoms with Crippen LogP contribution >= 0.6 is 0 Å². The number of allylic oxidation sites excluding steroid dienone is 3. The Bertz CT molecular complexity index is 964. The number of rotatable bonds is 7. The zero-order valence-corrected chi connectivity index (χ0v) is 21.2. The Balaban J connectivity index is 1.60. The van der Waals surface area contributed by atoms with E-state index >= 15 is 0 Å². The minimum Gasteiger partial charge on any atom is -0.465 e. The number of aliphatic hydroxyl groups excluding tert-OH is 1. The summed E-state index contributed by atoms with van der Waals surface area (Å²) in [5, 5.41) is 9.31. The molecule has 0 spiro atoms. The number of hydrogen-bond acceptors (Lipinski definition) is 7. The van der Waals surface area contributed by atoms with Crippen LogP contribution in [0.2, 0.25) is 0 Å². The highest BCUT2D eigenvalue weighted by molar-refractivity contribution is 6.01. The van der Waals surface area contributed by atoms with Gasteiger partial charge < -0.3 is 14.6 Å². The molecular formula is C28H38O7. The summed E-state index contributed by atoms with van der Waals surface area (Å²) in [6.07, 6.45) is 9.87. The predicted molar refractivity (Wildman–Crippen MR) is 128 cm³/mol. The zero-order chi connectivity index (χ0) is 25.5. The second-order valence-corrected chi connectivity index (χ2v) is 11.6. The van der Waals surface area contributed by atoms with Crippen LogP contribution in [0.4, 0.5) is 0 Å². The van der Waals surface area contributed by atoms with E-state index in [1.165, 1.54) is 6.92 Å². The second-order valence-electron chi connectivity index (χ2n) is 11.6. The summed E-state index contributed by atoms with van der Waals surface area (Å²) in [5.41, 5.74) is 0.592. The molecule has 3 fully saturated rings. The van der Waals surface area contributed by atoms with E-state index in [0.29, 0.717) is 17.8 Å². The predicted octanol–water partition coefficient (Wildman–Crippen LogP) is 3.44. The molecule has 4 aliphatic rings. The highest BCUT2D eigenvalue weighted by Gasteiger charge is 2.61.